The van der Waals surface area contributed by atoms with E-state index in [0.29, 0.717) is 24.6 Å². The summed E-state index contributed by atoms with van der Waals surface area (Å²) in [6.07, 6.45) is 7.97. The summed E-state index contributed by atoms with van der Waals surface area (Å²) in [4.78, 5) is 19.0. The number of imidazole rings is 1. The van der Waals surface area contributed by atoms with Crippen molar-refractivity contribution in [1.82, 2.24) is 14.5 Å². The van der Waals surface area contributed by atoms with Crippen LogP contribution in [0.15, 0.2) is 30.6 Å². The third-order valence-electron chi connectivity index (χ3n) is 5.05. The van der Waals surface area contributed by atoms with Crippen molar-refractivity contribution in [1.29, 1.82) is 0 Å². The molecule has 0 atom stereocenters. The lowest BCUT2D eigenvalue weighted by molar-refractivity contribution is 0.0709. The maximum absolute atomic E-state index is 13.9. The Morgan fingerprint density at radius 3 is 2.77 bits per heavy atom. The molecule has 3 rings (SSSR count). The van der Waals surface area contributed by atoms with Gasteiger partial charge in [-0.05, 0) is 37.5 Å². The molecule has 1 saturated heterocycles. The van der Waals surface area contributed by atoms with Crippen LogP contribution < -0.4 is 4.74 Å². The van der Waals surface area contributed by atoms with Crippen LogP contribution >= 0.6 is 0 Å². The zero-order valence-corrected chi connectivity index (χ0v) is 15.4. The van der Waals surface area contributed by atoms with E-state index in [9.17, 15) is 9.18 Å². The highest BCUT2D eigenvalue weighted by Crippen LogP contribution is 2.28. The lowest BCUT2D eigenvalue weighted by Crippen LogP contribution is -2.38. The second kappa shape index (κ2) is 8.34. The molecule has 0 unspecified atom stereocenters. The molecule has 2 aromatic rings. The number of aromatic nitrogens is 2. The van der Waals surface area contributed by atoms with E-state index in [2.05, 4.69) is 16.5 Å². The fraction of sp³-hybridized carbons (Fsp3) is 0.500. The van der Waals surface area contributed by atoms with Crippen LogP contribution in [0.3, 0.4) is 0 Å². The normalized spacial score (nSPS) is 15.3. The number of likely N-dealkylation sites (tertiary alicyclic amines) is 1. The van der Waals surface area contributed by atoms with E-state index in [1.807, 2.05) is 12.4 Å². The average molecular weight is 359 g/mol. The van der Waals surface area contributed by atoms with E-state index in [-0.39, 0.29) is 11.7 Å². The van der Waals surface area contributed by atoms with E-state index in [0.717, 1.165) is 38.1 Å². The highest BCUT2D eigenvalue weighted by molar-refractivity contribution is 5.94. The molecule has 0 spiro atoms. The number of unbranched alkanes of at least 4 members (excludes halogenated alkanes) is 1. The van der Waals surface area contributed by atoms with Gasteiger partial charge in [-0.1, -0.05) is 13.3 Å². The van der Waals surface area contributed by atoms with Gasteiger partial charge in [0.25, 0.3) is 5.91 Å². The van der Waals surface area contributed by atoms with Gasteiger partial charge >= 0.3 is 0 Å². The number of ether oxygens (including phenoxy) is 1. The number of piperidine rings is 1. The lowest BCUT2D eigenvalue weighted by atomic mass is 9.95. The Bertz CT molecular complexity index is 751. The first-order chi connectivity index (χ1) is 12.6. The zero-order chi connectivity index (χ0) is 18.5. The summed E-state index contributed by atoms with van der Waals surface area (Å²) < 4.78 is 21.0. The third-order valence-corrected chi connectivity index (χ3v) is 5.05. The molecular weight excluding hydrogens is 333 g/mol. The third kappa shape index (κ3) is 3.89. The van der Waals surface area contributed by atoms with Crippen LogP contribution in [-0.4, -0.2) is 40.6 Å². The molecule has 1 aliphatic rings. The minimum Gasteiger partial charge on any atom is -0.494 e. The fourth-order valence-electron chi connectivity index (χ4n) is 3.52. The van der Waals surface area contributed by atoms with Crippen LogP contribution in [0.4, 0.5) is 4.39 Å². The van der Waals surface area contributed by atoms with E-state index < -0.39 is 5.82 Å². The number of carbonyl (C=O) groups is 1. The molecule has 5 nitrogen and oxygen atoms in total. The predicted molar refractivity (Wildman–Crippen MR) is 98.0 cm³/mol. The molecule has 0 N–H and O–H groups in total. The molecule has 2 heterocycles. The molecule has 1 fully saturated rings. The van der Waals surface area contributed by atoms with Gasteiger partial charge in [0.1, 0.15) is 5.82 Å². The molecule has 0 saturated carbocycles. The quantitative estimate of drug-likeness (QED) is 0.787. The molecule has 1 aromatic carbocycles. The van der Waals surface area contributed by atoms with Gasteiger partial charge in [0, 0.05) is 43.5 Å². The van der Waals surface area contributed by atoms with Gasteiger partial charge in [-0.15, -0.1) is 0 Å². The number of amides is 1. The summed E-state index contributed by atoms with van der Waals surface area (Å²) in [7, 11) is 1.41. The number of rotatable bonds is 6. The summed E-state index contributed by atoms with van der Waals surface area (Å²) in [6.45, 7) is 4.51. The smallest absolute Gasteiger partial charge is 0.253 e. The van der Waals surface area contributed by atoms with E-state index in [1.54, 1.807) is 11.0 Å². The standard InChI is InChI=1S/C20H26FN3O2/c1-3-4-10-23-13-9-22-19(23)15-7-11-24(12-8-15)20(25)16-5-6-18(26-2)17(21)14-16/h5-6,9,13-15H,3-4,7-8,10-12H2,1-2H3. The number of benzene rings is 1. The number of aryl methyl sites for hydroxylation is 1. The van der Waals surface area contributed by atoms with Crippen molar-refractivity contribution >= 4 is 5.91 Å². The van der Waals surface area contributed by atoms with Gasteiger partial charge in [0.2, 0.25) is 0 Å². The Hall–Kier alpha value is -2.37. The van der Waals surface area contributed by atoms with Crippen molar-refractivity contribution < 1.29 is 13.9 Å². The Morgan fingerprint density at radius 2 is 2.12 bits per heavy atom. The number of nitrogens with zero attached hydrogens (tertiary/aromatic N) is 3. The molecule has 1 amide bonds. The Kier molecular flexibility index (Phi) is 5.91. The van der Waals surface area contributed by atoms with Crippen LogP contribution in [0.1, 0.15) is 54.7 Å². The van der Waals surface area contributed by atoms with E-state index >= 15 is 0 Å². The number of halogens is 1. The first-order valence-corrected chi connectivity index (χ1v) is 9.28. The summed E-state index contributed by atoms with van der Waals surface area (Å²) in [5.74, 6) is 1.02. The first-order valence-electron chi connectivity index (χ1n) is 9.28. The zero-order valence-electron chi connectivity index (χ0n) is 15.4. The number of methoxy groups -OCH3 is 1. The van der Waals surface area contributed by atoms with Crippen molar-refractivity contribution in [3.05, 3.63) is 47.8 Å². The summed E-state index contributed by atoms with van der Waals surface area (Å²) >= 11 is 0. The van der Waals surface area contributed by atoms with Gasteiger partial charge in [-0.3, -0.25) is 4.79 Å². The van der Waals surface area contributed by atoms with Gasteiger partial charge in [0.05, 0.1) is 7.11 Å². The van der Waals surface area contributed by atoms with Crippen molar-refractivity contribution in [3.8, 4) is 5.75 Å². The molecule has 1 aliphatic heterocycles. The fourth-order valence-corrected chi connectivity index (χ4v) is 3.52. The van der Waals surface area contributed by atoms with Crippen molar-refractivity contribution in [2.75, 3.05) is 20.2 Å². The molecule has 0 radical (unpaired) electrons. The number of carbonyl (C=O) groups excluding carboxylic acids is 1. The SMILES string of the molecule is CCCCn1ccnc1C1CCN(C(=O)c2ccc(OC)c(F)c2)CC1. The lowest BCUT2D eigenvalue weighted by Gasteiger charge is -2.32. The van der Waals surface area contributed by atoms with Gasteiger partial charge in [-0.2, -0.15) is 0 Å². The first kappa shape index (κ1) is 18.4. The summed E-state index contributed by atoms with van der Waals surface area (Å²) in [6, 6.07) is 4.37. The van der Waals surface area contributed by atoms with Gasteiger partial charge < -0.3 is 14.2 Å². The van der Waals surface area contributed by atoms with Crippen LogP contribution in [0, 0.1) is 5.82 Å². The number of hydrogen-bond donors (Lipinski definition) is 0. The Labute approximate surface area is 153 Å². The maximum atomic E-state index is 13.9. The maximum Gasteiger partial charge on any atom is 0.253 e. The number of hydrogen-bond acceptors (Lipinski definition) is 3. The molecule has 0 aliphatic carbocycles. The Balaban J connectivity index is 1.62. The van der Waals surface area contributed by atoms with E-state index in [4.69, 9.17) is 4.74 Å². The minimum absolute atomic E-state index is 0.126. The minimum atomic E-state index is -0.508. The van der Waals surface area contributed by atoms with Gasteiger partial charge in [0.15, 0.2) is 11.6 Å². The van der Waals surface area contributed by atoms with E-state index in [1.165, 1.54) is 19.2 Å². The largest absolute Gasteiger partial charge is 0.494 e. The van der Waals surface area contributed by atoms with Crippen LogP contribution in [-0.2, 0) is 6.54 Å². The van der Waals surface area contributed by atoms with Crippen LogP contribution in [0.5, 0.6) is 5.75 Å². The molecular formula is C20H26FN3O2. The Morgan fingerprint density at radius 1 is 1.35 bits per heavy atom. The molecule has 0 bridgehead atoms. The topological polar surface area (TPSA) is 47.4 Å². The van der Waals surface area contributed by atoms with Crippen LogP contribution in [0.25, 0.3) is 0 Å². The summed E-state index contributed by atoms with van der Waals surface area (Å²) in [5, 5.41) is 0. The van der Waals surface area contributed by atoms with Crippen molar-refractivity contribution in [2.45, 2.75) is 45.1 Å². The molecule has 6 heteroatoms. The van der Waals surface area contributed by atoms with Crippen molar-refractivity contribution in [3.63, 3.8) is 0 Å². The summed E-state index contributed by atoms with van der Waals surface area (Å²) in [5.41, 5.74) is 0.367. The molecule has 1 aromatic heterocycles. The average Bonchev–Trinajstić information content (AvgIpc) is 3.14. The highest BCUT2D eigenvalue weighted by Gasteiger charge is 2.27. The highest BCUT2D eigenvalue weighted by atomic mass is 19.1. The monoisotopic (exact) mass is 359 g/mol. The van der Waals surface area contributed by atoms with Crippen molar-refractivity contribution in [2.24, 2.45) is 0 Å². The van der Waals surface area contributed by atoms with Crippen LogP contribution in [0.2, 0.25) is 0 Å². The second-order valence-electron chi connectivity index (χ2n) is 6.75. The second-order valence-corrected chi connectivity index (χ2v) is 6.75. The molecule has 140 valence electrons. The predicted octanol–water partition coefficient (Wildman–Crippen LogP) is 3.85. The van der Waals surface area contributed by atoms with Gasteiger partial charge in [-0.25, -0.2) is 9.37 Å². The molecule has 26 heavy (non-hydrogen) atoms.